The molecule has 0 saturated carbocycles. The van der Waals surface area contributed by atoms with Gasteiger partial charge >= 0.3 is 35.0 Å². The fraction of sp³-hybridized carbons (Fsp3) is 1.00. The van der Waals surface area contributed by atoms with Gasteiger partial charge in [0.05, 0.1) is 0 Å². The van der Waals surface area contributed by atoms with Crippen molar-refractivity contribution in [3.8, 4) is 0 Å². The van der Waals surface area contributed by atoms with Crippen LogP contribution in [0.3, 0.4) is 0 Å². The Morgan fingerprint density at radius 2 is 1.08 bits per heavy atom. The molecule has 1 radical (unpaired) electrons. The SMILES string of the molecule is CCC[Si]1(C)O[Si](CC(C)C)O[Si](C)(CCC)O[Si](C)(CCC)O1. The molecule has 0 aromatic heterocycles. The Morgan fingerprint density at radius 1 is 0.708 bits per heavy atom. The van der Waals surface area contributed by atoms with Gasteiger partial charge in [0.25, 0.3) is 0 Å². The molecule has 1 aliphatic rings. The van der Waals surface area contributed by atoms with Crippen molar-refractivity contribution in [2.24, 2.45) is 5.92 Å². The van der Waals surface area contributed by atoms with E-state index in [2.05, 4.69) is 54.3 Å². The summed E-state index contributed by atoms with van der Waals surface area (Å²) in [6, 6.07) is 4.11. The third kappa shape index (κ3) is 7.14. The lowest BCUT2D eigenvalue weighted by molar-refractivity contribution is 0.232. The quantitative estimate of drug-likeness (QED) is 0.487. The zero-order valence-electron chi connectivity index (χ0n) is 17.2. The average Bonchev–Trinajstić information content (AvgIpc) is 2.35. The molecule has 1 rings (SSSR count). The second-order valence-electron chi connectivity index (χ2n) is 8.03. The van der Waals surface area contributed by atoms with Gasteiger partial charge in [0, 0.05) is 0 Å². The second kappa shape index (κ2) is 9.59. The Kier molecular flexibility index (Phi) is 9.09. The van der Waals surface area contributed by atoms with Crippen LogP contribution in [-0.4, -0.2) is 35.0 Å². The maximum atomic E-state index is 6.81. The molecule has 0 spiro atoms. The van der Waals surface area contributed by atoms with Gasteiger partial charge in [-0.15, -0.1) is 0 Å². The third-order valence-electron chi connectivity index (χ3n) is 4.21. The smallest absolute Gasteiger partial charge is 0.365 e. The summed E-state index contributed by atoms with van der Waals surface area (Å²) in [5, 5.41) is 0. The summed E-state index contributed by atoms with van der Waals surface area (Å²) < 4.78 is 27.0. The molecule has 143 valence electrons. The largest absolute Gasteiger partial charge is 0.416 e. The van der Waals surface area contributed by atoms with Gasteiger partial charge in [-0.05, 0) is 49.7 Å². The summed E-state index contributed by atoms with van der Waals surface area (Å²) in [7, 11) is -8.03. The molecule has 0 aromatic rings. The Balaban J connectivity index is 3.13. The molecule has 2 atom stereocenters. The topological polar surface area (TPSA) is 36.9 Å². The summed E-state index contributed by atoms with van der Waals surface area (Å²) in [5.74, 6) is 0.581. The first-order valence-corrected chi connectivity index (χ1v) is 18.8. The van der Waals surface area contributed by atoms with Crippen LogP contribution >= 0.6 is 0 Å². The number of hydrogen-bond donors (Lipinski definition) is 0. The van der Waals surface area contributed by atoms with E-state index < -0.39 is 35.0 Å². The highest BCUT2D eigenvalue weighted by molar-refractivity contribution is 6.90. The fourth-order valence-corrected chi connectivity index (χ4v) is 23.4. The first-order valence-electron chi connectivity index (χ1n) is 9.73. The van der Waals surface area contributed by atoms with Crippen LogP contribution in [0.4, 0.5) is 0 Å². The van der Waals surface area contributed by atoms with Gasteiger partial charge in [0.1, 0.15) is 0 Å². The zero-order valence-corrected chi connectivity index (χ0v) is 21.2. The Bertz CT molecular complexity index is 361. The first-order chi connectivity index (χ1) is 11.1. The lowest BCUT2D eigenvalue weighted by Crippen LogP contribution is -2.63. The highest BCUT2D eigenvalue weighted by Gasteiger charge is 2.52. The average molecular weight is 408 g/mol. The lowest BCUT2D eigenvalue weighted by Gasteiger charge is -2.47. The maximum Gasteiger partial charge on any atom is 0.365 e. The molecule has 0 bridgehead atoms. The Morgan fingerprint density at radius 3 is 1.42 bits per heavy atom. The fourth-order valence-electron chi connectivity index (χ4n) is 3.56. The van der Waals surface area contributed by atoms with E-state index in [0.717, 1.165) is 43.4 Å². The Hall–Kier alpha value is 0.708. The van der Waals surface area contributed by atoms with E-state index >= 15 is 0 Å². The molecular weight excluding hydrogens is 369 g/mol. The molecule has 8 heteroatoms. The minimum absolute atomic E-state index is 0.581. The normalized spacial score (nSPS) is 35.9. The molecule has 2 unspecified atom stereocenters. The number of rotatable bonds is 8. The molecule has 1 fully saturated rings. The maximum absolute atomic E-state index is 6.81. The van der Waals surface area contributed by atoms with Gasteiger partial charge in [0.15, 0.2) is 0 Å². The molecule has 0 aromatic carbocycles. The van der Waals surface area contributed by atoms with E-state index in [1.807, 2.05) is 0 Å². The van der Waals surface area contributed by atoms with Crippen LogP contribution in [0.15, 0.2) is 0 Å². The van der Waals surface area contributed by atoms with Crippen LogP contribution in [0.25, 0.3) is 0 Å². The molecular formula is C16H39O4Si4. The van der Waals surface area contributed by atoms with Gasteiger partial charge in [-0.25, -0.2) is 0 Å². The molecule has 1 heterocycles. The first kappa shape index (κ1) is 22.7. The predicted octanol–water partition coefficient (Wildman–Crippen LogP) is 5.66. The highest BCUT2D eigenvalue weighted by atomic mass is 28.5. The monoisotopic (exact) mass is 407 g/mol. The molecule has 1 saturated heterocycles. The van der Waals surface area contributed by atoms with Crippen molar-refractivity contribution < 1.29 is 16.5 Å². The van der Waals surface area contributed by atoms with Crippen molar-refractivity contribution >= 4 is 35.0 Å². The minimum atomic E-state index is -2.24. The summed E-state index contributed by atoms with van der Waals surface area (Å²) in [4.78, 5) is 0. The molecule has 1 aliphatic heterocycles. The summed E-state index contributed by atoms with van der Waals surface area (Å²) >= 11 is 0. The van der Waals surface area contributed by atoms with Crippen LogP contribution in [0.2, 0.25) is 43.8 Å². The highest BCUT2D eigenvalue weighted by Crippen LogP contribution is 2.35. The van der Waals surface area contributed by atoms with E-state index in [4.69, 9.17) is 16.5 Å². The third-order valence-corrected chi connectivity index (χ3v) is 21.8. The summed E-state index contributed by atoms with van der Waals surface area (Å²) in [5.41, 5.74) is 0. The van der Waals surface area contributed by atoms with Crippen LogP contribution in [0, 0.1) is 5.92 Å². The summed E-state index contributed by atoms with van der Waals surface area (Å²) in [6.07, 6.45) is 3.29. The van der Waals surface area contributed by atoms with Crippen molar-refractivity contribution in [2.45, 2.75) is 97.7 Å². The molecule has 0 amide bonds. The van der Waals surface area contributed by atoms with E-state index in [0.29, 0.717) is 5.92 Å². The van der Waals surface area contributed by atoms with Crippen molar-refractivity contribution in [1.29, 1.82) is 0 Å². The van der Waals surface area contributed by atoms with Gasteiger partial charge < -0.3 is 16.5 Å². The standard InChI is InChI=1S/C16H39O4Si4/c1-9-12-22(6)17-21(15-16(4)5)18-23(7,13-10-2)20-24(8,19-22)14-11-3/h16H,9-15H2,1-8H3. The van der Waals surface area contributed by atoms with Crippen LogP contribution < -0.4 is 0 Å². The number of hydrogen-bond acceptors (Lipinski definition) is 4. The predicted molar refractivity (Wildman–Crippen MR) is 110 cm³/mol. The second-order valence-corrected chi connectivity index (χ2v) is 20.8. The van der Waals surface area contributed by atoms with Crippen molar-refractivity contribution in [3.63, 3.8) is 0 Å². The molecule has 4 nitrogen and oxygen atoms in total. The van der Waals surface area contributed by atoms with Crippen LogP contribution in [0.1, 0.15) is 53.9 Å². The van der Waals surface area contributed by atoms with Crippen molar-refractivity contribution in [1.82, 2.24) is 0 Å². The Labute approximate surface area is 155 Å². The molecule has 0 aliphatic carbocycles. The minimum Gasteiger partial charge on any atom is -0.416 e. The van der Waals surface area contributed by atoms with E-state index in [-0.39, 0.29) is 0 Å². The van der Waals surface area contributed by atoms with Crippen LogP contribution in [0.5, 0.6) is 0 Å². The van der Waals surface area contributed by atoms with E-state index in [1.54, 1.807) is 0 Å². The van der Waals surface area contributed by atoms with Crippen LogP contribution in [-0.2, 0) is 16.5 Å². The van der Waals surface area contributed by atoms with E-state index in [9.17, 15) is 0 Å². The van der Waals surface area contributed by atoms with Gasteiger partial charge in [0.2, 0.25) is 0 Å². The lowest BCUT2D eigenvalue weighted by atomic mass is 10.3. The zero-order chi connectivity index (χ0) is 18.4. The molecule has 24 heavy (non-hydrogen) atoms. The van der Waals surface area contributed by atoms with Gasteiger partial charge in [-0.3, -0.25) is 0 Å². The molecule has 0 N–H and O–H groups in total. The van der Waals surface area contributed by atoms with E-state index in [1.165, 1.54) is 0 Å². The van der Waals surface area contributed by atoms with Crippen molar-refractivity contribution in [3.05, 3.63) is 0 Å². The summed E-state index contributed by atoms with van der Waals surface area (Å²) in [6.45, 7) is 17.9. The van der Waals surface area contributed by atoms with Crippen molar-refractivity contribution in [2.75, 3.05) is 0 Å². The van der Waals surface area contributed by atoms with Gasteiger partial charge in [-0.2, -0.15) is 0 Å². The van der Waals surface area contributed by atoms with Gasteiger partial charge in [-0.1, -0.05) is 53.9 Å².